The molecule has 0 aliphatic heterocycles. The second kappa shape index (κ2) is 4.30. The fourth-order valence-electron chi connectivity index (χ4n) is 1.18. The first-order valence-corrected chi connectivity index (χ1v) is 5.25. The molecule has 0 amide bonds. The van der Waals surface area contributed by atoms with Gasteiger partial charge in [-0.2, -0.15) is 0 Å². The molecule has 0 saturated heterocycles. The first-order valence-electron chi connectivity index (χ1n) is 5.25. The van der Waals surface area contributed by atoms with Crippen LogP contribution < -0.4 is 0 Å². The molecule has 0 aromatic carbocycles. The van der Waals surface area contributed by atoms with Gasteiger partial charge < -0.3 is 0 Å². The summed E-state index contributed by atoms with van der Waals surface area (Å²) in [7, 11) is 0. The van der Waals surface area contributed by atoms with Crippen molar-refractivity contribution in [1.29, 1.82) is 0 Å². The van der Waals surface area contributed by atoms with Gasteiger partial charge in [-0.25, -0.2) is 0 Å². The number of hydrogen-bond donors (Lipinski definition) is 0. The molecule has 0 aliphatic rings. The third kappa shape index (κ3) is 4.13. The van der Waals surface area contributed by atoms with Gasteiger partial charge in [0.1, 0.15) is 0 Å². The zero-order chi connectivity index (χ0) is 9.94. The Morgan fingerprint density at radius 2 is 1.33 bits per heavy atom. The maximum atomic E-state index is 2.37. The van der Waals surface area contributed by atoms with E-state index in [9.17, 15) is 0 Å². The van der Waals surface area contributed by atoms with E-state index in [1.807, 2.05) is 0 Å². The predicted octanol–water partition coefficient (Wildman–Crippen LogP) is 4.35. The van der Waals surface area contributed by atoms with Crippen LogP contribution in [0.3, 0.4) is 0 Å². The van der Waals surface area contributed by atoms with Gasteiger partial charge in [0.15, 0.2) is 0 Å². The van der Waals surface area contributed by atoms with Crippen molar-refractivity contribution in [3.8, 4) is 0 Å². The van der Waals surface area contributed by atoms with Crippen LogP contribution in [0.4, 0.5) is 0 Å². The Balaban J connectivity index is 3.93. The molecular weight excluding hydrogens is 144 g/mol. The van der Waals surface area contributed by atoms with E-state index < -0.39 is 0 Å². The van der Waals surface area contributed by atoms with E-state index in [2.05, 4.69) is 48.5 Å². The van der Waals surface area contributed by atoms with Crippen molar-refractivity contribution in [2.45, 2.75) is 54.9 Å². The highest BCUT2D eigenvalue weighted by atomic mass is 14.3. The maximum Gasteiger partial charge on any atom is -0.0357 e. The van der Waals surface area contributed by atoms with Gasteiger partial charge in [0.05, 0.1) is 0 Å². The molecule has 0 spiro atoms. The summed E-state index contributed by atoms with van der Waals surface area (Å²) in [6.45, 7) is 16.4. The molecule has 0 saturated carbocycles. The van der Waals surface area contributed by atoms with Crippen molar-refractivity contribution >= 4 is 0 Å². The third-order valence-electron chi connectivity index (χ3n) is 3.34. The monoisotopic (exact) mass is 170 g/mol. The molecule has 0 aromatic heterocycles. The van der Waals surface area contributed by atoms with Crippen LogP contribution in [0, 0.1) is 23.2 Å². The molecule has 2 atom stereocenters. The van der Waals surface area contributed by atoms with Gasteiger partial charge in [0, 0.05) is 0 Å². The summed E-state index contributed by atoms with van der Waals surface area (Å²) < 4.78 is 0. The lowest BCUT2D eigenvalue weighted by Gasteiger charge is -2.30. The topological polar surface area (TPSA) is 0 Å². The summed E-state index contributed by atoms with van der Waals surface area (Å²) in [5, 5.41) is 0. The van der Waals surface area contributed by atoms with Crippen molar-refractivity contribution in [2.75, 3.05) is 0 Å². The van der Waals surface area contributed by atoms with E-state index >= 15 is 0 Å². The molecule has 0 rings (SSSR count). The molecule has 0 aliphatic carbocycles. The zero-order valence-corrected chi connectivity index (χ0v) is 9.94. The first-order chi connectivity index (χ1) is 5.25. The lowest BCUT2D eigenvalue weighted by molar-refractivity contribution is 0.199. The van der Waals surface area contributed by atoms with E-state index in [1.165, 1.54) is 6.42 Å². The van der Waals surface area contributed by atoms with Gasteiger partial charge in [0.25, 0.3) is 0 Å². The Morgan fingerprint density at radius 3 is 1.58 bits per heavy atom. The molecule has 0 heteroatoms. The van der Waals surface area contributed by atoms with Crippen LogP contribution in [-0.4, -0.2) is 0 Å². The summed E-state index contributed by atoms with van der Waals surface area (Å²) in [5.41, 5.74) is 0.475. The molecule has 12 heavy (non-hydrogen) atoms. The van der Waals surface area contributed by atoms with Crippen molar-refractivity contribution in [1.82, 2.24) is 0 Å². The lowest BCUT2D eigenvalue weighted by Crippen LogP contribution is -2.21. The van der Waals surface area contributed by atoms with Crippen molar-refractivity contribution in [3.05, 3.63) is 0 Å². The largest absolute Gasteiger partial charge is 0.0625 e. The van der Waals surface area contributed by atoms with Crippen molar-refractivity contribution in [3.63, 3.8) is 0 Å². The van der Waals surface area contributed by atoms with Crippen LogP contribution in [0.15, 0.2) is 0 Å². The summed E-state index contributed by atoms with van der Waals surface area (Å²) in [6.07, 6.45) is 1.36. The summed E-state index contributed by atoms with van der Waals surface area (Å²) in [6, 6.07) is 0. The summed E-state index contributed by atoms with van der Waals surface area (Å²) >= 11 is 0. The molecule has 0 nitrogen and oxygen atoms in total. The second-order valence-electron chi connectivity index (χ2n) is 5.72. The average molecular weight is 170 g/mol. The smallest absolute Gasteiger partial charge is 0.0357 e. The van der Waals surface area contributed by atoms with Gasteiger partial charge in [-0.15, -0.1) is 0 Å². The third-order valence-corrected chi connectivity index (χ3v) is 3.34. The standard InChI is InChI=1S/C12H26/c1-9(2)10(3)8-11(4)12(5,6)7/h9-11H,8H2,1-7H3/t10-,11+/m0/s1. The molecule has 0 N–H and O–H groups in total. The van der Waals surface area contributed by atoms with E-state index in [0.717, 1.165) is 17.8 Å². The van der Waals surface area contributed by atoms with E-state index in [1.54, 1.807) is 0 Å². The lowest BCUT2D eigenvalue weighted by atomic mass is 9.75. The average Bonchev–Trinajstić information content (AvgIpc) is 1.85. The van der Waals surface area contributed by atoms with Crippen molar-refractivity contribution < 1.29 is 0 Å². The zero-order valence-electron chi connectivity index (χ0n) is 9.94. The fourth-order valence-corrected chi connectivity index (χ4v) is 1.18. The Morgan fingerprint density at radius 1 is 0.917 bits per heavy atom. The number of rotatable bonds is 3. The number of hydrogen-bond acceptors (Lipinski definition) is 0. The summed E-state index contributed by atoms with van der Waals surface area (Å²) in [4.78, 5) is 0. The minimum atomic E-state index is 0.475. The van der Waals surface area contributed by atoms with Crippen LogP contribution in [-0.2, 0) is 0 Å². The van der Waals surface area contributed by atoms with E-state index in [4.69, 9.17) is 0 Å². The van der Waals surface area contributed by atoms with Crippen molar-refractivity contribution in [2.24, 2.45) is 23.2 Å². The highest BCUT2D eigenvalue weighted by molar-refractivity contribution is 4.73. The molecule has 0 bridgehead atoms. The minimum Gasteiger partial charge on any atom is -0.0625 e. The molecule has 0 radical (unpaired) electrons. The molecular formula is C12H26. The Kier molecular flexibility index (Phi) is 4.30. The molecule has 74 valence electrons. The van der Waals surface area contributed by atoms with Crippen LogP contribution in [0.5, 0.6) is 0 Å². The predicted molar refractivity (Wildman–Crippen MR) is 57.2 cm³/mol. The Hall–Kier alpha value is 0. The van der Waals surface area contributed by atoms with Crippen LogP contribution in [0.1, 0.15) is 54.9 Å². The molecule has 0 heterocycles. The van der Waals surface area contributed by atoms with Crippen LogP contribution >= 0.6 is 0 Å². The van der Waals surface area contributed by atoms with Crippen LogP contribution in [0.25, 0.3) is 0 Å². The van der Waals surface area contributed by atoms with Gasteiger partial charge in [-0.05, 0) is 29.6 Å². The van der Waals surface area contributed by atoms with Gasteiger partial charge in [-0.1, -0.05) is 48.5 Å². The normalized spacial score (nSPS) is 18.0. The fraction of sp³-hybridized carbons (Fsp3) is 1.00. The first kappa shape index (κ1) is 12.0. The van der Waals surface area contributed by atoms with E-state index in [-0.39, 0.29) is 0 Å². The quantitative estimate of drug-likeness (QED) is 0.590. The minimum absolute atomic E-state index is 0.475. The highest BCUT2D eigenvalue weighted by Gasteiger charge is 2.22. The summed E-state index contributed by atoms with van der Waals surface area (Å²) in [5.74, 6) is 2.52. The van der Waals surface area contributed by atoms with Gasteiger partial charge in [0.2, 0.25) is 0 Å². The van der Waals surface area contributed by atoms with Gasteiger partial charge in [-0.3, -0.25) is 0 Å². The molecule has 0 fully saturated rings. The molecule has 0 aromatic rings. The Bertz CT molecular complexity index is 116. The Labute approximate surface area is 78.8 Å². The SMILES string of the molecule is CC(C)[C@@H](C)C[C@@H](C)C(C)(C)C. The molecule has 0 unspecified atom stereocenters. The highest BCUT2D eigenvalue weighted by Crippen LogP contribution is 2.32. The van der Waals surface area contributed by atoms with E-state index in [0.29, 0.717) is 5.41 Å². The van der Waals surface area contributed by atoms with Crippen LogP contribution in [0.2, 0.25) is 0 Å². The van der Waals surface area contributed by atoms with Gasteiger partial charge >= 0.3 is 0 Å². The second-order valence-corrected chi connectivity index (χ2v) is 5.72. The maximum absolute atomic E-state index is 2.37.